The van der Waals surface area contributed by atoms with Crippen molar-refractivity contribution in [3.05, 3.63) is 77.6 Å². The molecule has 4 aromatic rings. The minimum atomic E-state index is -0.974. The molecule has 2 heterocycles. The molecule has 3 aromatic carbocycles. The average molecular weight is 711 g/mol. The molecule has 272 valence electrons. The maximum atomic E-state index is 15.0. The molecule has 4 amide bonds. The summed E-state index contributed by atoms with van der Waals surface area (Å²) in [6.07, 6.45) is 2.90. The molecule has 1 atom stereocenters. The Balaban J connectivity index is 1.16. The molecule has 1 fully saturated rings. The Morgan fingerprint density at radius 1 is 0.981 bits per heavy atom. The van der Waals surface area contributed by atoms with Crippen molar-refractivity contribution in [2.45, 2.75) is 77.3 Å². The summed E-state index contributed by atoms with van der Waals surface area (Å²) in [5, 5.41) is 31.7. The lowest BCUT2D eigenvalue weighted by atomic mass is 9.80. The fourth-order valence-electron chi connectivity index (χ4n) is 6.90. The lowest BCUT2D eigenvalue weighted by molar-refractivity contribution is -0.130. The second-order valence-electron chi connectivity index (χ2n) is 14.6. The van der Waals surface area contributed by atoms with Crippen LogP contribution in [0.5, 0.6) is 0 Å². The topological polar surface area (TPSA) is 182 Å². The monoisotopic (exact) mass is 710 g/mol. The molecular formula is C38H43FN8O5. The molecule has 52 heavy (non-hydrogen) atoms. The maximum absolute atomic E-state index is 15.0. The van der Waals surface area contributed by atoms with E-state index in [1.54, 1.807) is 0 Å². The number of anilines is 2. The third-order valence-corrected chi connectivity index (χ3v) is 9.89. The smallest absolute Gasteiger partial charge is 0.407 e. The predicted molar refractivity (Wildman–Crippen MR) is 193 cm³/mol. The number of amides is 4. The van der Waals surface area contributed by atoms with Crippen molar-refractivity contribution in [2.75, 3.05) is 17.2 Å². The first kappa shape index (κ1) is 36.1. The highest BCUT2D eigenvalue weighted by atomic mass is 19.1. The van der Waals surface area contributed by atoms with E-state index in [0.29, 0.717) is 45.1 Å². The Labute approximate surface area is 300 Å². The van der Waals surface area contributed by atoms with Crippen molar-refractivity contribution in [2.24, 2.45) is 11.8 Å². The third kappa shape index (κ3) is 8.61. The van der Waals surface area contributed by atoms with E-state index in [1.165, 1.54) is 17.0 Å². The van der Waals surface area contributed by atoms with Crippen LogP contribution < -0.4 is 16.0 Å². The van der Waals surface area contributed by atoms with Gasteiger partial charge in [0.15, 0.2) is 0 Å². The molecule has 6 rings (SSSR count). The van der Waals surface area contributed by atoms with Crippen molar-refractivity contribution >= 4 is 35.2 Å². The van der Waals surface area contributed by atoms with Gasteiger partial charge in [-0.25, -0.2) is 9.18 Å². The Hall–Kier alpha value is -5.66. The van der Waals surface area contributed by atoms with Gasteiger partial charge >= 0.3 is 6.09 Å². The van der Waals surface area contributed by atoms with Crippen molar-refractivity contribution < 1.29 is 28.7 Å². The molecule has 1 aromatic heterocycles. The lowest BCUT2D eigenvalue weighted by Crippen LogP contribution is -2.49. The van der Waals surface area contributed by atoms with Gasteiger partial charge in [-0.1, -0.05) is 36.4 Å². The number of hydrogen-bond donors (Lipinski definition) is 5. The SMILES string of the molecule is CC(C)(C)N(CC1CCC(C(=O)N[C@@H](Cc2ccc(-c3ccc4c(c3)NC(=O)CC4)cc2)C(=O)Nc2ccc(-c3nn[nH]n3)c(F)c2)CC1)C(=O)O. The Bertz CT molecular complexity index is 1940. The zero-order valence-electron chi connectivity index (χ0n) is 29.4. The molecular weight excluding hydrogens is 667 g/mol. The average Bonchev–Trinajstić information content (AvgIpc) is 3.65. The van der Waals surface area contributed by atoms with E-state index in [1.807, 2.05) is 63.2 Å². The highest BCUT2D eigenvalue weighted by Gasteiger charge is 2.34. The Morgan fingerprint density at radius 3 is 2.37 bits per heavy atom. The van der Waals surface area contributed by atoms with Gasteiger partial charge in [0.25, 0.3) is 0 Å². The van der Waals surface area contributed by atoms with Crippen LogP contribution in [0.15, 0.2) is 60.7 Å². The van der Waals surface area contributed by atoms with Crippen molar-refractivity contribution in [3.8, 4) is 22.5 Å². The zero-order chi connectivity index (χ0) is 37.0. The molecule has 1 saturated carbocycles. The molecule has 0 bridgehead atoms. The lowest BCUT2D eigenvalue weighted by Gasteiger charge is -2.38. The van der Waals surface area contributed by atoms with Crippen LogP contribution in [0, 0.1) is 17.7 Å². The number of rotatable bonds is 10. The van der Waals surface area contributed by atoms with Crippen LogP contribution in [-0.2, 0) is 27.2 Å². The second kappa shape index (κ2) is 15.3. The summed E-state index contributed by atoms with van der Waals surface area (Å²) in [5.41, 5.74) is 4.34. The van der Waals surface area contributed by atoms with E-state index < -0.39 is 29.4 Å². The molecule has 0 spiro atoms. The van der Waals surface area contributed by atoms with Crippen LogP contribution in [0.3, 0.4) is 0 Å². The Morgan fingerprint density at radius 2 is 1.71 bits per heavy atom. The first-order chi connectivity index (χ1) is 24.8. The molecule has 0 saturated heterocycles. The summed E-state index contributed by atoms with van der Waals surface area (Å²) >= 11 is 0. The van der Waals surface area contributed by atoms with Crippen molar-refractivity contribution in [1.29, 1.82) is 0 Å². The Kier molecular flexibility index (Phi) is 10.6. The minimum absolute atomic E-state index is 0.00423. The number of aromatic amines is 1. The summed E-state index contributed by atoms with van der Waals surface area (Å²) in [4.78, 5) is 52.7. The maximum Gasteiger partial charge on any atom is 0.407 e. The van der Waals surface area contributed by atoms with Crippen LogP contribution >= 0.6 is 0 Å². The number of carbonyl (C=O) groups excluding carboxylic acids is 3. The molecule has 1 aliphatic carbocycles. The van der Waals surface area contributed by atoms with Gasteiger partial charge < -0.3 is 26.0 Å². The van der Waals surface area contributed by atoms with Crippen LogP contribution in [0.25, 0.3) is 22.5 Å². The largest absolute Gasteiger partial charge is 0.465 e. The van der Waals surface area contributed by atoms with Crippen LogP contribution in [0.4, 0.5) is 20.6 Å². The molecule has 1 aliphatic heterocycles. The van der Waals surface area contributed by atoms with E-state index in [2.05, 4.69) is 36.6 Å². The van der Waals surface area contributed by atoms with Crippen molar-refractivity contribution in [3.63, 3.8) is 0 Å². The van der Waals surface area contributed by atoms with Gasteiger partial charge in [-0.2, -0.15) is 5.21 Å². The number of carbonyl (C=O) groups is 4. The number of benzene rings is 3. The van der Waals surface area contributed by atoms with Gasteiger partial charge in [-0.05, 0) is 111 Å². The predicted octanol–water partition coefficient (Wildman–Crippen LogP) is 5.81. The van der Waals surface area contributed by atoms with Gasteiger partial charge in [0.05, 0.1) is 5.56 Å². The molecule has 0 radical (unpaired) electrons. The number of nitrogens with zero attached hydrogens (tertiary/aromatic N) is 4. The van der Waals surface area contributed by atoms with E-state index in [4.69, 9.17) is 0 Å². The van der Waals surface area contributed by atoms with Gasteiger partial charge in [0, 0.05) is 42.2 Å². The second-order valence-corrected chi connectivity index (χ2v) is 14.6. The van der Waals surface area contributed by atoms with E-state index in [-0.39, 0.29) is 47.1 Å². The molecule has 5 N–H and O–H groups in total. The van der Waals surface area contributed by atoms with Crippen LogP contribution in [0.2, 0.25) is 0 Å². The summed E-state index contributed by atoms with van der Waals surface area (Å²) < 4.78 is 15.0. The fraction of sp³-hybridized carbons (Fsp3) is 0.395. The normalized spacial score (nSPS) is 17.7. The van der Waals surface area contributed by atoms with Gasteiger partial charge in [-0.3, -0.25) is 14.4 Å². The highest BCUT2D eigenvalue weighted by Crippen LogP contribution is 2.32. The zero-order valence-corrected chi connectivity index (χ0v) is 29.4. The third-order valence-electron chi connectivity index (χ3n) is 9.89. The summed E-state index contributed by atoms with van der Waals surface area (Å²) in [5.74, 6) is -1.54. The fourth-order valence-corrected chi connectivity index (χ4v) is 6.90. The summed E-state index contributed by atoms with van der Waals surface area (Å²) in [6.45, 7) is 6.00. The summed E-state index contributed by atoms with van der Waals surface area (Å²) in [6, 6.07) is 16.8. The minimum Gasteiger partial charge on any atom is -0.465 e. The first-order valence-electron chi connectivity index (χ1n) is 17.5. The number of tetrazole rings is 1. The van der Waals surface area contributed by atoms with E-state index in [0.717, 1.165) is 34.0 Å². The number of fused-ring (bicyclic) bond motifs is 1. The molecule has 13 nitrogen and oxygen atoms in total. The number of carboxylic acid groups (broad SMARTS) is 1. The van der Waals surface area contributed by atoms with Gasteiger partial charge in [0.2, 0.25) is 23.5 Å². The number of H-pyrrole nitrogens is 1. The van der Waals surface area contributed by atoms with Crippen LogP contribution in [-0.4, -0.2) is 72.6 Å². The van der Waals surface area contributed by atoms with Gasteiger partial charge in [0.1, 0.15) is 11.9 Å². The number of aryl methyl sites for hydroxylation is 1. The first-order valence-corrected chi connectivity index (χ1v) is 17.5. The van der Waals surface area contributed by atoms with Crippen molar-refractivity contribution in [1.82, 2.24) is 30.8 Å². The summed E-state index contributed by atoms with van der Waals surface area (Å²) in [7, 11) is 0. The van der Waals surface area contributed by atoms with Gasteiger partial charge in [-0.15, -0.1) is 10.2 Å². The molecule has 0 unspecified atom stereocenters. The molecule has 2 aliphatic rings. The standard InChI is InChI=1S/C38H43FN8O5/c1-38(2,3)47(37(51)52)21-23-6-10-26(11-7-23)35(49)42-32(36(50)40-28-15-16-29(30(39)20-28)34-43-45-46-44-34)18-22-4-8-24(9-5-22)27-13-12-25-14-17-33(48)41-31(25)19-27/h4-5,8-9,12-13,15-16,19-20,23,26,32H,6-7,10-11,14,17-18,21H2,1-3H3,(H,40,50)(H,41,48)(H,42,49)(H,51,52)(H,43,44,45,46)/t23?,26?,32-/m0/s1. The molecule has 14 heteroatoms. The highest BCUT2D eigenvalue weighted by molar-refractivity contribution is 5.98. The van der Waals surface area contributed by atoms with E-state index >= 15 is 0 Å². The number of halogens is 1. The number of nitrogens with one attached hydrogen (secondary N) is 4. The quantitative estimate of drug-likeness (QED) is 0.137. The van der Waals surface area contributed by atoms with Crippen LogP contribution in [0.1, 0.15) is 64.0 Å². The number of hydrogen-bond acceptors (Lipinski definition) is 7. The van der Waals surface area contributed by atoms with E-state index in [9.17, 15) is 28.7 Å². The number of aromatic nitrogens is 4.